The van der Waals surface area contributed by atoms with Crippen molar-refractivity contribution >= 4 is 21.7 Å². The number of aromatic nitrogens is 1. The molecule has 0 saturated carbocycles. The maximum Gasteiger partial charge on any atom is 0.169 e. The van der Waals surface area contributed by atoms with Crippen molar-refractivity contribution in [3.63, 3.8) is 0 Å². The van der Waals surface area contributed by atoms with Crippen LogP contribution < -0.4 is 10.5 Å². The van der Waals surface area contributed by atoms with Crippen LogP contribution >= 0.6 is 15.9 Å². The van der Waals surface area contributed by atoms with Crippen LogP contribution in [0.2, 0.25) is 0 Å². The highest BCUT2D eigenvalue weighted by atomic mass is 79.9. The minimum absolute atomic E-state index is 0.163. The number of hydrogen-bond donors (Lipinski definition) is 1. The van der Waals surface area contributed by atoms with E-state index in [1.54, 1.807) is 6.07 Å². The molecule has 0 spiro atoms. The standard InChI is InChI=1S/C13H13BrN2O2/c1-13(2)6-8-3-7(4-9(14)12(8)17-13)10-5-11(15)16-18-10/h3-5H,6H2,1-2H3,(H2,15,16). The van der Waals surface area contributed by atoms with Gasteiger partial charge < -0.3 is 15.0 Å². The molecule has 2 heterocycles. The first-order valence-corrected chi connectivity index (χ1v) is 6.48. The minimum atomic E-state index is -0.163. The number of halogens is 1. The largest absolute Gasteiger partial charge is 0.486 e. The first-order chi connectivity index (χ1) is 8.44. The maximum atomic E-state index is 5.90. The lowest BCUT2D eigenvalue weighted by Gasteiger charge is -2.17. The number of hydrogen-bond acceptors (Lipinski definition) is 4. The topological polar surface area (TPSA) is 61.3 Å². The fraction of sp³-hybridized carbons (Fsp3) is 0.308. The Morgan fingerprint density at radius 1 is 1.33 bits per heavy atom. The molecule has 0 bridgehead atoms. The number of rotatable bonds is 1. The zero-order chi connectivity index (χ0) is 12.9. The van der Waals surface area contributed by atoms with Crippen LogP contribution in [0.3, 0.4) is 0 Å². The highest BCUT2D eigenvalue weighted by Crippen LogP contribution is 2.43. The Bertz CT molecular complexity index is 619. The van der Waals surface area contributed by atoms with E-state index < -0.39 is 0 Å². The van der Waals surface area contributed by atoms with Crippen LogP contribution in [-0.4, -0.2) is 10.8 Å². The first kappa shape index (κ1) is 11.6. The summed E-state index contributed by atoms with van der Waals surface area (Å²) in [4.78, 5) is 0. The minimum Gasteiger partial charge on any atom is -0.486 e. The molecule has 1 aliphatic heterocycles. The normalized spacial score (nSPS) is 16.4. The molecule has 0 radical (unpaired) electrons. The number of anilines is 1. The maximum absolute atomic E-state index is 5.90. The molecular formula is C13H13BrN2O2. The second-order valence-corrected chi connectivity index (χ2v) is 5.96. The molecule has 4 nitrogen and oxygen atoms in total. The van der Waals surface area contributed by atoms with Gasteiger partial charge in [0.15, 0.2) is 11.6 Å². The van der Waals surface area contributed by atoms with Crippen LogP contribution in [0.1, 0.15) is 19.4 Å². The zero-order valence-electron chi connectivity index (χ0n) is 10.2. The van der Waals surface area contributed by atoms with Gasteiger partial charge >= 0.3 is 0 Å². The van der Waals surface area contributed by atoms with Crippen LogP contribution in [0.4, 0.5) is 5.82 Å². The number of ether oxygens (including phenoxy) is 1. The predicted molar refractivity (Wildman–Crippen MR) is 72.5 cm³/mol. The van der Waals surface area contributed by atoms with Crippen molar-refractivity contribution in [2.75, 3.05) is 5.73 Å². The average Bonchev–Trinajstić information content (AvgIpc) is 2.81. The summed E-state index contributed by atoms with van der Waals surface area (Å²) in [6, 6.07) is 5.74. The number of fused-ring (bicyclic) bond motifs is 1. The lowest BCUT2D eigenvalue weighted by Crippen LogP contribution is -2.24. The molecule has 1 aromatic carbocycles. The van der Waals surface area contributed by atoms with E-state index >= 15 is 0 Å². The summed E-state index contributed by atoms with van der Waals surface area (Å²) < 4.78 is 12.0. The highest BCUT2D eigenvalue weighted by molar-refractivity contribution is 9.10. The van der Waals surface area contributed by atoms with Crippen LogP contribution in [-0.2, 0) is 6.42 Å². The Kier molecular flexibility index (Phi) is 2.41. The lowest BCUT2D eigenvalue weighted by molar-refractivity contribution is 0.137. The van der Waals surface area contributed by atoms with E-state index in [0.29, 0.717) is 11.6 Å². The van der Waals surface area contributed by atoms with Crippen molar-refractivity contribution in [2.45, 2.75) is 25.9 Å². The van der Waals surface area contributed by atoms with Gasteiger partial charge in [-0.2, -0.15) is 0 Å². The summed E-state index contributed by atoms with van der Waals surface area (Å²) in [5.74, 6) is 1.97. The van der Waals surface area contributed by atoms with E-state index in [1.807, 2.05) is 6.07 Å². The van der Waals surface area contributed by atoms with Gasteiger partial charge in [-0.05, 0) is 41.9 Å². The molecule has 2 aromatic rings. The molecule has 0 amide bonds. The lowest BCUT2D eigenvalue weighted by atomic mass is 9.99. The Balaban J connectivity index is 2.09. The summed E-state index contributed by atoms with van der Waals surface area (Å²) in [7, 11) is 0. The number of nitrogens with two attached hydrogens (primary N) is 1. The quantitative estimate of drug-likeness (QED) is 0.877. The van der Waals surface area contributed by atoms with Crippen molar-refractivity contribution in [2.24, 2.45) is 0 Å². The molecule has 0 unspecified atom stereocenters. The van der Waals surface area contributed by atoms with Gasteiger partial charge in [-0.3, -0.25) is 0 Å². The second-order valence-electron chi connectivity index (χ2n) is 5.10. The molecular weight excluding hydrogens is 296 g/mol. The molecule has 0 fully saturated rings. The van der Waals surface area contributed by atoms with Gasteiger partial charge in [0.1, 0.15) is 11.4 Å². The fourth-order valence-corrected chi connectivity index (χ4v) is 2.82. The molecule has 0 atom stereocenters. The molecule has 18 heavy (non-hydrogen) atoms. The first-order valence-electron chi connectivity index (χ1n) is 5.69. The summed E-state index contributed by atoms with van der Waals surface area (Å²) in [6.07, 6.45) is 0.873. The molecule has 1 aromatic heterocycles. The molecule has 2 N–H and O–H groups in total. The molecule has 5 heteroatoms. The second kappa shape index (κ2) is 3.75. The van der Waals surface area contributed by atoms with Gasteiger partial charge in [0, 0.05) is 23.6 Å². The van der Waals surface area contributed by atoms with Crippen molar-refractivity contribution in [1.82, 2.24) is 5.16 Å². The van der Waals surface area contributed by atoms with Gasteiger partial charge in [-0.25, -0.2) is 0 Å². The summed E-state index contributed by atoms with van der Waals surface area (Å²) in [6.45, 7) is 4.15. The molecule has 1 aliphatic rings. The molecule has 0 saturated heterocycles. The smallest absolute Gasteiger partial charge is 0.169 e. The van der Waals surface area contributed by atoms with E-state index in [4.69, 9.17) is 15.0 Å². The SMILES string of the molecule is CC1(C)Cc2cc(-c3cc(N)no3)cc(Br)c2O1. The monoisotopic (exact) mass is 308 g/mol. The Morgan fingerprint density at radius 3 is 2.78 bits per heavy atom. The summed E-state index contributed by atoms with van der Waals surface area (Å²) in [5, 5.41) is 3.70. The van der Waals surface area contributed by atoms with Crippen LogP contribution in [0.5, 0.6) is 5.75 Å². The zero-order valence-corrected chi connectivity index (χ0v) is 11.7. The number of nitrogens with zero attached hydrogens (tertiary/aromatic N) is 1. The van der Waals surface area contributed by atoms with Crippen molar-refractivity contribution in [3.05, 3.63) is 28.2 Å². The van der Waals surface area contributed by atoms with E-state index in [1.165, 1.54) is 5.56 Å². The van der Waals surface area contributed by atoms with Gasteiger partial charge in [-0.1, -0.05) is 5.16 Å². The molecule has 94 valence electrons. The van der Waals surface area contributed by atoms with Gasteiger partial charge in [0.05, 0.1) is 4.47 Å². The average molecular weight is 309 g/mol. The third kappa shape index (κ3) is 1.88. The molecule has 0 aliphatic carbocycles. The van der Waals surface area contributed by atoms with Crippen LogP contribution in [0.25, 0.3) is 11.3 Å². The Hall–Kier alpha value is -1.49. The third-order valence-electron chi connectivity index (χ3n) is 2.93. The van der Waals surface area contributed by atoms with E-state index in [2.05, 4.69) is 41.0 Å². The third-order valence-corrected chi connectivity index (χ3v) is 3.52. The number of benzene rings is 1. The van der Waals surface area contributed by atoms with Gasteiger partial charge in [0.25, 0.3) is 0 Å². The van der Waals surface area contributed by atoms with Crippen molar-refractivity contribution in [3.8, 4) is 17.1 Å². The van der Waals surface area contributed by atoms with Crippen LogP contribution in [0, 0.1) is 0 Å². The summed E-state index contributed by atoms with van der Waals surface area (Å²) >= 11 is 3.54. The van der Waals surface area contributed by atoms with E-state index in [9.17, 15) is 0 Å². The van der Waals surface area contributed by atoms with Crippen molar-refractivity contribution in [1.29, 1.82) is 0 Å². The van der Waals surface area contributed by atoms with E-state index in [0.717, 1.165) is 22.2 Å². The van der Waals surface area contributed by atoms with Crippen molar-refractivity contribution < 1.29 is 9.26 Å². The Labute approximate surface area is 113 Å². The Morgan fingerprint density at radius 2 is 2.11 bits per heavy atom. The number of nitrogen functional groups attached to an aromatic ring is 1. The van der Waals surface area contributed by atoms with Gasteiger partial charge in [0.2, 0.25) is 0 Å². The molecule has 3 rings (SSSR count). The summed E-state index contributed by atoms with van der Waals surface area (Å²) in [5.41, 5.74) is 7.52. The predicted octanol–water partition coefficient (Wildman–Crippen LogP) is 3.40. The van der Waals surface area contributed by atoms with Gasteiger partial charge in [-0.15, -0.1) is 0 Å². The van der Waals surface area contributed by atoms with Crippen LogP contribution in [0.15, 0.2) is 27.2 Å². The van der Waals surface area contributed by atoms with E-state index in [-0.39, 0.29) is 5.60 Å². The highest BCUT2D eigenvalue weighted by Gasteiger charge is 2.32. The fourth-order valence-electron chi connectivity index (χ4n) is 2.23.